The predicted molar refractivity (Wildman–Crippen MR) is 70.7 cm³/mol. The van der Waals surface area contributed by atoms with Crippen molar-refractivity contribution in [1.82, 2.24) is 5.32 Å². The fraction of sp³-hybridized carbons (Fsp3) is 0.538. The van der Waals surface area contributed by atoms with Crippen LogP contribution in [0.2, 0.25) is 0 Å². The second-order valence-electron chi connectivity index (χ2n) is 4.98. The Morgan fingerprint density at radius 2 is 2.12 bits per heavy atom. The van der Waals surface area contributed by atoms with E-state index >= 15 is 0 Å². The van der Waals surface area contributed by atoms with Crippen molar-refractivity contribution in [3.63, 3.8) is 0 Å². The van der Waals surface area contributed by atoms with Crippen LogP contribution < -0.4 is 10.2 Å². The van der Waals surface area contributed by atoms with Crippen molar-refractivity contribution >= 4 is 18.1 Å². The fourth-order valence-corrected chi connectivity index (χ4v) is 2.99. The molecule has 1 aromatic rings. The van der Waals surface area contributed by atoms with E-state index in [-0.39, 0.29) is 18.2 Å². The largest absolute Gasteiger partial charge is 0.360 e. The first-order valence-electron chi connectivity index (χ1n) is 5.95. The maximum absolute atomic E-state index is 14.2. The first-order chi connectivity index (χ1) is 7.68. The highest BCUT2D eigenvalue weighted by Crippen LogP contribution is 2.38. The van der Waals surface area contributed by atoms with E-state index in [1.807, 2.05) is 13.0 Å². The van der Waals surface area contributed by atoms with Gasteiger partial charge in [-0.05, 0) is 31.4 Å². The van der Waals surface area contributed by atoms with Crippen LogP contribution in [0.25, 0.3) is 0 Å². The number of rotatable bonds is 0. The lowest BCUT2D eigenvalue weighted by atomic mass is 10.1. The van der Waals surface area contributed by atoms with Crippen molar-refractivity contribution in [2.24, 2.45) is 0 Å². The van der Waals surface area contributed by atoms with E-state index in [9.17, 15) is 4.39 Å². The molecule has 4 heteroatoms. The molecule has 0 amide bonds. The highest BCUT2D eigenvalue weighted by Gasteiger charge is 2.37. The van der Waals surface area contributed by atoms with Crippen molar-refractivity contribution in [2.45, 2.75) is 32.4 Å². The van der Waals surface area contributed by atoms with Gasteiger partial charge in [0.25, 0.3) is 0 Å². The van der Waals surface area contributed by atoms with Crippen LogP contribution in [-0.4, -0.2) is 25.2 Å². The normalized spacial score (nSPS) is 26.2. The number of hydrogen-bond donors (Lipinski definition) is 1. The SMILES string of the molecule is Cc1ccc2c(c1F)N1C(C)CNCC1C2.Cl. The topological polar surface area (TPSA) is 15.3 Å². The highest BCUT2D eigenvalue weighted by molar-refractivity contribution is 5.85. The van der Waals surface area contributed by atoms with Gasteiger partial charge in [-0.3, -0.25) is 0 Å². The molecule has 0 spiro atoms. The standard InChI is InChI=1S/C13H17FN2.ClH/c1-8-3-4-10-5-11-7-15-6-9(2)16(11)13(10)12(8)14;/h3-4,9,11,15H,5-7H2,1-2H3;1H. The molecule has 2 aliphatic rings. The number of piperazine rings is 1. The lowest BCUT2D eigenvalue weighted by Gasteiger charge is -2.38. The third-order valence-electron chi connectivity index (χ3n) is 3.79. The summed E-state index contributed by atoms with van der Waals surface area (Å²) in [5.74, 6) is -0.0197. The van der Waals surface area contributed by atoms with Crippen LogP contribution in [0.1, 0.15) is 18.1 Å². The molecule has 0 bridgehead atoms. The molecule has 0 radical (unpaired) electrons. The van der Waals surface area contributed by atoms with Crippen LogP contribution in [0.5, 0.6) is 0 Å². The van der Waals surface area contributed by atoms with Gasteiger partial charge in [-0.2, -0.15) is 0 Å². The molecule has 2 heterocycles. The van der Waals surface area contributed by atoms with Crippen LogP contribution in [0, 0.1) is 12.7 Å². The zero-order valence-corrected chi connectivity index (χ0v) is 11.0. The van der Waals surface area contributed by atoms with Crippen molar-refractivity contribution in [3.05, 3.63) is 29.1 Å². The number of halogens is 2. The molecule has 3 rings (SSSR count). The van der Waals surface area contributed by atoms with Gasteiger partial charge in [0, 0.05) is 25.2 Å². The molecule has 94 valence electrons. The maximum Gasteiger partial charge on any atom is 0.149 e. The van der Waals surface area contributed by atoms with E-state index < -0.39 is 0 Å². The molecular formula is C13H18ClFN2. The molecule has 1 aromatic carbocycles. The van der Waals surface area contributed by atoms with Gasteiger partial charge in [0.05, 0.1) is 5.69 Å². The summed E-state index contributed by atoms with van der Waals surface area (Å²) in [7, 11) is 0. The van der Waals surface area contributed by atoms with E-state index in [1.165, 1.54) is 5.56 Å². The summed E-state index contributed by atoms with van der Waals surface area (Å²) in [5.41, 5.74) is 2.78. The van der Waals surface area contributed by atoms with E-state index in [0.717, 1.165) is 30.8 Å². The molecule has 1 N–H and O–H groups in total. The summed E-state index contributed by atoms with van der Waals surface area (Å²) in [5, 5.41) is 3.41. The monoisotopic (exact) mass is 256 g/mol. The van der Waals surface area contributed by atoms with Gasteiger partial charge in [0.15, 0.2) is 0 Å². The van der Waals surface area contributed by atoms with E-state index in [1.54, 1.807) is 0 Å². The molecule has 2 nitrogen and oxygen atoms in total. The minimum atomic E-state index is -0.0197. The zero-order chi connectivity index (χ0) is 11.3. The molecular weight excluding hydrogens is 239 g/mol. The lowest BCUT2D eigenvalue weighted by molar-refractivity contribution is 0.425. The third kappa shape index (κ3) is 1.81. The summed E-state index contributed by atoms with van der Waals surface area (Å²) in [6, 6.07) is 4.80. The van der Waals surface area contributed by atoms with Crippen molar-refractivity contribution in [2.75, 3.05) is 18.0 Å². The van der Waals surface area contributed by atoms with Gasteiger partial charge in [0.1, 0.15) is 5.82 Å². The van der Waals surface area contributed by atoms with Crippen LogP contribution in [0.3, 0.4) is 0 Å². The molecule has 2 aliphatic heterocycles. The Morgan fingerprint density at radius 1 is 1.35 bits per heavy atom. The first-order valence-corrected chi connectivity index (χ1v) is 5.95. The molecule has 1 fully saturated rings. The number of fused-ring (bicyclic) bond motifs is 3. The summed E-state index contributed by atoms with van der Waals surface area (Å²) in [6.45, 7) is 5.92. The Kier molecular flexibility index (Phi) is 3.32. The Bertz CT molecular complexity index is 436. The van der Waals surface area contributed by atoms with Gasteiger partial charge in [0.2, 0.25) is 0 Å². The number of aryl methyl sites for hydroxylation is 1. The minimum Gasteiger partial charge on any atom is -0.360 e. The molecule has 0 aliphatic carbocycles. The van der Waals surface area contributed by atoms with Crippen molar-refractivity contribution in [3.8, 4) is 0 Å². The zero-order valence-electron chi connectivity index (χ0n) is 10.2. The van der Waals surface area contributed by atoms with Crippen LogP contribution in [0.15, 0.2) is 12.1 Å². The number of anilines is 1. The van der Waals surface area contributed by atoms with Crippen molar-refractivity contribution < 1.29 is 4.39 Å². The fourth-order valence-electron chi connectivity index (χ4n) is 2.99. The van der Waals surface area contributed by atoms with Gasteiger partial charge in [-0.1, -0.05) is 12.1 Å². The van der Waals surface area contributed by atoms with E-state index in [2.05, 4.69) is 23.2 Å². The first kappa shape index (κ1) is 12.7. The van der Waals surface area contributed by atoms with E-state index in [0.29, 0.717) is 12.1 Å². The minimum absolute atomic E-state index is 0. The molecule has 1 saturated heterocycles. The van der Waals surface area contributed by atoms with Crippen LogP contribution in [0.4, 0.5) is 10.1 Å². The second kappa shape index (κ2) is 4.46. The average molecular weight is 257 g/mol. The second-order valence-corrected chi connectivity index (χ2v) is 4.98. The lowest BCUT2D eigenvalue weighted by Crippen LogP contribution is -2.55. The Labute approximate surface area is 108 Å². The Balaban J connectivity index is 0.00000108. The highest BCUT2D eigenvalue weighted by atomic mass is 35.5. The van der Waals surface area contributed by atoms with Gasteiger partial charge < -0.3 is 10.2 Å². The summed E-state index contributed by atoms with van der Waals surface area (Å²) in [4.78, 5) is 2.27. The smallest absolute Gasteiger partial charge is 0.149 e. The predicted octanol–water partition coefficient (Wildman–Crippen LogP) is 2.28. The van der Waals surface area contributed by atoms with E-state index in [4.69, 9.17) is 0 Å². The number of benzene rings is 1. The quantitative estimate of drug-likeness (QED) is 0.766. The molecule has 2 atom stereocenters. The van der Waals surface area contributed by atoms with Crippen LogP contribution >= 0.6 is 12.4 Å². The maximum atomic E-state index is 14.2. The molecule has 17 heavy (non-hydrogen) atoms. The Morgan fingerprint density at radius 3 is 2.88 bits per heavy atom. The molecule has 0 aromatic heterocycles. The number of nitrogens with one attached hydrogen (secondary N) is 1. The third-order valence-corrected chi connectivity index (χ3v) is 3.79. The summed E-state index contributed by atoms with van der Waals surface area (Å²) >= 11 is 0. The Hall–Kier alpha value is -0.800. The van der Waals surface area contributed by atoms with Gasteiger partial charge in [-0.25, -0.2) is 4.39 Å². The molecule has 2 unspecified atom stereocenters. The molecule has 0 saturated carbocycles. The number of hydrogen-bond acceptors (Lipinski definition) is 2. The summed E-state index contributed by atoms with van der Waals surface area (Å²) in [6.07, 6.45) is 0.976. The number of nitrogens with zero attached hydrogens (tertiary/aromatic N) is 1. The average Bonchev–Trinajstić information content (AvgIpc) is 2.64. The summed E-state index contributed by atoms with van der Waals surface area (Å²) < 4.78 is 14.2. The van der Waals surface area contributed by atoms with Gasteiger partial charge in [-0.15, -0.1) is 12.4 Å². The van der Waals surface area contributed by atoms with Gasteiger partial charge >= 0.3 is 0 Å². The van der Waals surface area contributed by atoms with Crippen molar-refractivity contribution in [1.29, 1.82) is 0 Å². The van der Waals surface area contributed by atoms with Crippen LogP contribution in [-0.2, 0) is 6.42 Å².